The summed E-state index contributed by atoms with van der Waals surface area (Å²) in [5.74, 6) is -0.208. The first-order valence-electron chi connectivity index (χ1n) is 19.8. The monoisotopic (exact) mass is 777 g/mol. The summed E-state index contributed by atoms with van der Waals surface area (Å²) in [6.07, 6.45) is 10.5. The number of nitrogens with zero attached hydrogens (tertiary/aromatic N) is 7. The number of phenols is 1. The fraction of sp³-hybridized carbons (Fsp3) is 0.600. The summed E-state index contributed by atoms with van der Waals surface area (Å²) in [5.41, 5.74) is 0.211. The van der Waals surface area contributed by atoms with Gasteiger partial charge in [0.15, 0.2) is 5.82 Å². The van der Waals surface area contributed by atoms with Crippen molar-refractivity contribution in [2.75, 3.05) is 77.2 Å². The molecule has 6 saturated heterocycles. The fourth-order valence-electron chi connectivity index (χ4n) is 10.2. The number of carbonyl (C=O) groups is 1. The third kappa shape index (κ3) is 6.23. The van der Waals surface area contributed by atoms with E-state index < -0.39 is 23.1 Å². The third-order valence-corrected chi connectivity index (χ3v) is 13.5. The highest BCUT2D eigenvalue weighted by atomic mass is 35.5. The van der Waals surface area contributed by atoms with E-state index in [9.17, 15) is 14.3 Å². The number of phenolic OH excluding ortho intramolecular Hbond substituents is 1. The summed E-state index contributed by atoms with van der Waals surface area (Å²) in [6.45, 7) is 5.56. The van der Waals surface area contributed by atoms with Crippen LogP contribution >= 0.6 is 11.6 Å². The highest BCUT2D eigenvalue weighted by Gasteiger charge is 2.51. The molecular formula is C40H46ClF2N7O5. The standard InChI is InChI=1S/C40H46ClF2N7O5/c41-31-14-28(51)13-29(33(31)24-4-5-24)35-34(43)36-30(16-44-35)37(46-38(45-36)55-23-39-8-2-9-48(39)17-25(42)15-39)47-11-12-50(40(20-47)21-54-22-40)32(52)3-1-10-49-26-6-7-27(49)19-53-18-26/h1,3,13-14,16,24-27,51H,2,4-12,15,17-23H2/b3-1+/t25-,26-,27+,39+/m1/s1. The zero-order chi connectivity index (χ0) is 37.5. The van der Waals surface area contributed by atoms with Crippen molar-refractivity contribution < 1.29 is 32.9 Å². The molecule has 0 radical (unpaired) electrons. The van der Waals surface area contributed by atoms with Gasteiger partial charge < -0.3 is 29.1 Å². The number of amides is 1. The molecule has 12 nitrogen and oxygen atoms in total. The summed E-state index contributed by atoms with van der Waals surface area (Å²) < 4.78 is 49.5. The van der Waals surface area contributed by atoms with E-state index in [1.165, 1.54) is 12.1 Å². The number of anilines is 1. The number of halogens is 3. The van der Waals surface area contributed by atoms with Crippen LogP contribution in [0.15, 0.2) is 30.5 Å². The predicted molar refractivity (Wildman–Crippen MR) is 201 cm³/mol. The maximum absolute atomic E-state index is 17.0. The van der Waals surface area contributed by atoms with E-state index >= 15 is 4.39 Å². The van der Waals surface area contributed by atoms with Gasteiger partial charge in [0.05, 0.1) is 37.4 Å². The Kier molecular flexibility index (Phi) is 8.93. The number of piperazine rings is 1. The zero-order valence-corrected chi connectivity index (χ0v) is 31.5. The molecule has 1 aromatic carbocycles. The summed E-state index contributed by atoms with van der Waals surface area (Å²) in [4.78, 5) is 36.5. The highest BCUT2D eigenvalue weighted by Crippen LogP contribution is 2.49. The largest absolute Gasteiger partial charge is 0.508 e. The van der Waals surface area contributed by atoms with Crippen LogP contribution in [-0.2, 0) is 14.3 Å². The molecule has 4 atom stereocenters. The van der Waals surface area contributed by atoms with Gasteiger partial charge in [0.1, 0.15) is 41.1 Å². The molecule has 55 heavy (non-hydrogen) atoms. The van der Waals surface area contributed by atoms with Crippen LogP contribution in [-0.4, -0.2) is 142 Å². The van der Waals surface area contributed by atoms with Gasteiger partial charge in [0.2, 0.25) is 5.91 Å². The van der Waals surface area contributed by atoms with Gasteiger partial charge in [-0.1, -0.05) is 17.7 Å². The van der Waals surface area contributed by atoms with Crippen LogP contribution in [0.1, 0.15) is 56.4 Å². The first-order chi connectivity index (χ1) is 26.7. The number of morpholine rings is 1. The van der Waals surface area contributed by atoms with E-state index in [4.69, 9.17) is 30.8 Å². The van der Waals surface area contributed by atoms with Crippen molar-refractivity contribution >= 4 is 34.2 Å². The molecule has 7 fully saturated rings. The van der Waals surface area contributed by atoms with Gasteiger partial charge in [-0.3, -0.25) is 19.6 Å². The van der Waals surface area contributed by atoms with Crippen molar-refractivity contribution in [2.45, 2.75) is 80.2 Å². The molecule has 6 aliphatic heterocycles. The van der Waals surface area contributed by atoms with E-state index in [0.29, 0.717) is 86.2 Å². The van der Waals surface area contributed by atoms with E-state index in [1.54, 1.807) is 12.3 Å². The molecule has 1 amide bonds. The molecule has 1 aliphatic carbocycles. The lowest BCUT2D eigenvalue weighted by atomic mass is 9.91. The highest BCUT2D eigenvalue weighted by molar-refractivity contribution is 6.32. The predicted octanol–water partition coefficient (Wildman–Crippen LogP) is 4.86. The number of fused-ring (bicyclic) bond motifs is 4. The number of rotatable bonds is 9. The Morgan fingerprint density at radius 1 is 1.09 bits per heavy atom. The van der Waals surface area contributed by atoms with Crippen LogP contribution in [0.25, 0.3) is 22.2 Å². The van der Waals surface area contributed by atoms with Crippen molar-refractivity contribution in [1.82, 2.24) is 29.7 Å². The van der Waals surface area contributed by atoms with Gasteiger partial charge in [0, 0.05) is 74.1 Å². The second-order valence-electron chi connectivity index (χ2n) is 16.7. The Balaban J connectivity index is 0.973. The van der Waals surface area contributed by atoms with E-state index in [0.717, 1.165) is 63.8 Å². The first-order valence-corrected chi connectivity index (χ1v) is 20.1. The van der Waals surface area contributed by atoms with Crippen molar-refractivity contribution in [3.8, 4) is 23.0 Å². The van der Waals surface area contributed by atoms with E-state index in [-0.39, 0.29) is 41.4 Å². The number of alkyl halides is 1. The lowest BCUT2D eigenvalue weighted by Gasteiger charge is -2.55. The van der Waals surface area contributed by atoms with Crippen molar-refractivity contribution in [3.05, 3.63) is 46.9 Å². The molecule has 15 heteroatoms. The minimum atomic E-state index is -0.929. The second kappa shape index (κ2) is 13.8. The van der Waals surface area contributed by atoms with Crippen LogP contribution in [0.3, 0.4) is 0 Å². The number of hydrogen-bond acceptors (Lipinski definition) is 11. The number of ether oxygens (including phenoxy) is 3. The SMILES string of the molecule is O=C(/C=C/CN1[C@@H]2CC[C@H]1COC2)N1CCN(c2nc(OC[C@@]34CCCN3C[C@H](F)C4)nc3c(F)c(-c4cc(O)cc(Cl)c4C4CC4)ncc23)CC12COC2. The Morgan fingerprint density at radius 3 is 2.67 bits per heavy atom. The molecule has 3 aromatic rings. The van der Waals surface area contributed by atoms with Gasteiger partial charge in [-0.05, 0) is 68.7 Å². The molecule has 2 bridgehead atoms. The van der Waals surface area contributed by atoms with Crippen molar-refractivity contribution in [3.63, 3.8) is 0 Å². The van der Waals surface area contributed by atoms with E-state index in [2.05, 4.69) is 19.8 Å². The molecule has 10 rings (SSSR count). The fourth-order valence-corrected chi connectivity index (χ4v) is 10.6. The molecule has 292 valence electrons. The maximum atomic E-state index is 17.0. The van der Waals surface area contributed by atoms with Gasteiger partial charge in [-0.25, -0.2) is 8.78 Å². The number of benzene rings is 1. The summed E-state index contributed by atoms with van der Waals surface area (Å²) in [6, 6.07) is 3.81. The molecule has 1 N–H and O–H groups in total. The van der Waals surface area contributed by atoms with Crippen LogP contribution in [0, 0.1) is 5.82 Å². The molecule has 1 saturated carbocycles. The molecule has 1 spiro atoms. The number of aromatic hydroxyl groups is 1. The van der Waals surface area contributed by atoms with Gasteiger partial charge in [0.25, 0.3) is 0 Å². The lowest BCUT2D eigenvalue weighted by Crippen LogP contribution is -2.72. The Bertz CT molecular complexity index is 2030. The Hall–Kier alpha value is -3.69. The average molecular weight is 778 g/mol. The first kappa shape index (κ1) is 35.7. The smallest absolute Gasteiger partial charge is 0.319 e. The maximum Gasteiger partial charge on any atom is 0.319 e. The minimum absolute atomic E-state index is 0.00382. The summed E-state index contributed by atoms with van der Waals surface area (Å²) in [7, 11) is 0. The molecule has 0 unspecified atom stereocenters. The van der Waals surface area contributed by atoms with Gasteiger partial charge in [-0.2, -0.15) is 9.97 Å². The van der Waals surface area contributed by atoms with Gasteiger partial charge >= 0.3 is 6.01 Å². The Labute approximate surface area is 323 Å². The number of pyridine rings is 1. The summed E-state index contributed by atoms with van der Waals surface area (Å²) >= 11 is 6.61. The zero-order valence-electron chi connectivity index (χ0n) is 30.8. The topological polar surface area (TPSA) is 117 Å². The van der Waals surface area contributed by atoms with E-state index in [1.807, 2.05) is 15.9 Å². The van der Waals surface area contributed by atoms with Crippen LogP contribution in [0.2, 0.25) is 5.02 Å². The quantitative estimate of drug-likeness (QED) is 0.301. The number of carbonyl (C=O) groups excluding carboxylic acids is 1. The molecule has 8 heterocycles. The second-order valence-corrected chi connectivity index (χ2v) is 17.1. The van der Waals surface area contributed by atoms with Crippen molar-refractivity contribution in [2.24, 2.45) is 0 Å². The minimum Gasteiger partial charge on any atom is -0.508 e. The van der Waals surface area contributed by atoms with Gasteiger partial charge in [-0.15, -0.1) is 0 Å². The molecular weight excluding hydrogens is 732 g/mol. The lowest BCUT2D eigenvalue weighted by molar-refractivity contribution is -0.164. The van der Waals surface area contributed by atoms with Crippen LogP contribution < -0.4 is 9.64 Å². The average Bonchev–Trinajstić information content (AvgIpc) is 3.79. The number of hydrogen-bond donors (Lipinski definition) is 1. The van der Waals surface area contributed by atoms with Crippen LogP contribution in [0.5, 0.6) is 11.8 Å². The molecule has 7 aliphatic rings. The Morgan fingerprint density at radius 2 is 1.91 bits per heavy atom. The molecule has 2 aromatic heterocycles. The van der Waals surface area contributed by atoms with Crippen LogP contribution in [0.4, 0.5) is 14.6 Å². The normalized spacial score (nSPS) is 29.1. The van der Waals surface area contributed by atoms with Crippen molar-refractivity contribution in [1.29, 1.82) is 0 Å². The summed E-state index contributed by atoms with van der Waals surface area (Å²) in [5, 5.41) is 11.3. The third-order valence-electron chi connectivity index (χ3n) is 13.2. The number of aromatic nitrogens is 3.